The fourth-order valence-electron chi connectivity index (χ4n) is 1.25. The summed E-state index contributed by atoms with van der Waals surface area (Å²) in [5, 5.41) is 42.3. The molecule has 0 aliphatic carbocycles. The number of carboxylic acids is 1. The molecule has 0 fully saturated rings. The number of aromatic carboxylic acids is 1. The molecule has 1 aromatic rings. The minimum atomic E-state index is -2.04. The molecule has 1 rings (SSSR count). The van der Waals surface area contributed by atoms with Crippen molar-refractivity contribution >= 4 is 23.0 Å². The summed E-state index contributed by atoms with van der Waals surface area (Å²) in [6.07, 6.45) is 0. The van der Waals surface area contributed by atoms with E-state index in [1.807, 2.05) is 0 Å². The van der Waals surface area contributed by atoms with E-state index in [0.717, 1.165) is 0 Å². The maximum absolute atomic E-state index is 10.6. The van der Waals surface area contributed by atoms with Crippen molar-refractivity contribution in [2.75, 3.05) is 0 Å². The second kappa shape index (κ2) is 6.62. The second-order valence-electron chi connectivity index (χ2n) is 2.89. The quantitative estimate of drug-likeness (QED) is 0.317. The summed E-state index contributed by atoms with van der Waals surface area (Å²) in [6, 6.07) is 1.01. The van der Waals surface area contributed by atoms with E-state index < -0.39 is 43.4 Å². The number of nitrogens with zero attached hydrogens (tertiary/aromatic N) is 3. The fourth-order valence-corrected chi connectivity index (χ4v) is 1.25. The number of carboxylic acid groups (broad SMARTS) is 1. The first-order chi connectivity index (χ1) is 8.27. The van der Waals surface area contributed by atoms with Crippen molar-refractivity contribution in [2.45, 2.75) is 0 Å². The molecule has 0 heterocycles. The molecular formula is C7H2KN3O8. The van der Waals surface area contributed by atoms with Gasteiger partial charge in [0.1, 0.15) is 0 Å². The number of nitro groups is 3. The third-order valence-corrected chi connectivity index (χ3v) is 1.91. The van der Waals surface area contributed by atoms with E-state index in [1.165, 1.54) is 0 Å². The second-order valence-corrected chi connectivity index (χ2v) is 2.89. The molecule has 94 valence electrons. The molecule has 0 aliphatic heterocycles. The van der Waals surface area contributed by atoms with Gasteiger partial charge in [-0.25, -0.2) is 0 Å². The van der Waals surface area contributed by atoms with Crippen molar-refractivity contribution in [3.63, 3.8) is 0 Å². The van der Waals surface area contributed by atoms with Crippen LogP contribution in [0.25, 0.3) is 0 Å². The Kier molecular flexibility index (Phi) is 6.11. The Labute approximate surface area is 146 Å². The standard InChI is InChI=1S/C7H3N3O8.K/c11-7(12)3-1-2-4(8(13)14)6(10(17)18)5(3)9(15)16;/h1-2H,(H,11,12);/q;+1/p-1. The Hall–Kier alpha value is -1.47. The third kappa shape index (κ3) is 3.51. The average molecular weight is 295 g/mol. The molecule has 0 aliphatic rings. The number of carbonyl (C=O) groups excluding carboxylic acids is 1. The molecule has 1 aromatic carbocycles. The van der Waals surface area contributed by atoms with Crippen molar-refractivity contribution < 1.29 is 76.1 Å². The van der Waals surface area contributed by atoms with E-state index in [-0.39, 0.29) is 51.4 Å². The molecule has 11 nitrogen and oxygen atoms in total. The van der Waals surface area contributed by atoms with Gasteiger partial charge in [-0.3, -0.25) is 30.3 Å². The van der Waals surface area contributed by atoms with Crippen molar-refractivity contribution in [3.8, 4) is 0 Å². The molecule has 0 atom stereocenters. The van der Waals surface area contributed by atoms with Crippen LogP contribution in [0.5, 0.6) is 0 Å². The Morgan fingerprint density at radius 2 is 1.37 bits per heavy atom. The van der Waals surface area contributed by atoms with Gasteiger partial charge in [0.2, 0.25) is 0 Å². The zero-order valence-electron chi connectivity index (χ0n) is 9.26. The van der Waals surface area contributed by atoms with Crippen LogP contribution in [0.2, 0.25) is 0 Å². The third-order valence-electron chi connectivity index (χ3n) is 1.91. The summed E-state index contributed by atoms with van der Waals surface area (Å²) in [4.78, 5) is 38.3. The molecule has 0 saturated carbocycles. The van der Waals surface area contributed by atoms with Crippen LogP contribution in [0, 0.1) is 30.3 Å². The number of nitro benzene ring substituents is 3. The summed E-state index contributed by atoms with van der Waals surface area (Å²) in [5.74, 6) is -2.04. The van der Waals surface area contributed by atoms with E-state index in [0.29, 0.717) is 12.1 Å². The molecule has 0 spiro atoms. The molecule has 0 radical (unpaired) electrons. The molecule has 0 bridgehead atoms. The van der Waals surface area contributed by atoms with Gasteiger partial charge in [0.05, 0.1) is 26.3 Å². The molecule has 0 N–H and O–H groups in total. The first-order valence-electron chi connectivity index (χ1n) is 4.09. The molecule has 19 heavy (non-hydrogen) atoms. The maximum Gasteiger partial charge on any atom is 1.00 e. The number of benzene rings is 1. The van der Waals surface area contributed by atoms with Crippen LogP contribution in [0.15, 0.2) is 12.1 Å². The predicted octanol–water partition coefficient (Wildman–Crippen LogP) is -3.22. The summed E-state index contributed by atoms with van der Waals surface area (Å²) in [6.45, 7) is 0. The van der Waals surface area contributed by atoms with Gasteiger partial charge in [-0.05, 0) is 6.07 Å². The molecule has 0 saturated heterocycles. The van der Waals surface area contributed by atoms with Crippen molar-refractivity contribution in [3.05, 3.63) is 48.0 Å². The van der Waals surface area contributed by atoms with Gasteiger partial charge in [-0.1, -0.05) is 0 Å². The van der Waals surface area contributed by atoms with Crippen LogP contribution >= 0.6 is 0 Å². The van der Waals surface area contributed by atoms with Gasteiger partial charge in [-0.15, -0.1) is 0 Å². The largest absolute Gasteiger partial charge is 1.00 e. The van der Waals surface area contributed by atoms with Gasteiger partial charge in [0, 0.05) is 6.07 Å². The van der Waals surface area contributed by atoms with Crippen molar-refractivity contribution in [1.29, 1.82) is 0 Å². The number of hydrogen-bond acceptors (Lipinski definition) is 8. The van der Waals surface area contributed by atoms with E-state index in [4.69, 9.17) is 0 Å². The molecule has 12 heteroatoms. The average Bonchev–Trinajstić information content (AvgIpc) is 2.26. The van der Waals surface area contributed by atoms with Crippen molar-refractivity contribution in [1.82, 2.24) is 0 Å². The minimum absolute atomic E-state index is 0. The van der Waals surface area contributed by atoms with Gasteiger partial charge in [0.25, 0.3) is 0 Å². The van der Waals surface area contributed by atoms with Crippen LogP contribution in [-0.4, -0.2) is 20.7 Å². The normalized spacial score (nSPS) is 9.26. The zero-order chi connectivity index (χ0) is 14.0. The smallest absolute Gasteiger partial charge is 0.545 e. The summed E-state index contributed by atoms with van der Waals surface area (Å²) in [7, 11) is 0. The van der Waals surface area contributed by atoms with Crippen LogP contribution in [0.3, 0.4) is 0 Å². The van der Waals surface area contributed by atoms with Gasteiger partial charge >= 0.3 is 68.4 Å². The zero-order valence-corrected chi connectivity index (χ0v) is 12.4. The van der Waals surface area contributed by atoms with Crippen LogP contribution in [-0.2, 0) is 0 Å². The molecular weight excluding hydrogens is 293 g/mol. The summed E-state index contributed by atoms with van der Waals surface area (Å²) >= 11 is 0. The van der Waals surface area contributed by atoms with Crippen LogP contribution < -0.4 is 56.5 Å². The van der Waals surface area contributed by atoms with E-state index in [2.05, 4.69) is 0 Å². The van der Waals surface area contributed by atoms with Gasteiger partial charge < -0.3 is 9.90 Å². The Bertz CT molecular complexity index is 535. The molecule has 0 amide bonds. The van der Waals surface area contributed by atoms with E-state index in [9.17, 15) is 40.2 Å². The number of hydrogen-bond donors (Lipinski definition) is 0. The number of rotatable bonds is 4. The first kappa shape index (κ1) is 17.5. The monoisotopic (exact) mass is 295 g/mol. The number of carbonyl (C=O) groups is 1. The van der Waals surface area contributed by atoms with E-state index in [1.54, 1.807) is 0 Å². The van der Waals surface area contributed by atoms with Gasteiger partial charge in [0.15, 0.2) is 0 Å². The molecule has 0 aromatic heterocycles. The van der Waals surface area contributed by atoms with E-state index >= 15 is 0 Å². The van der Waals surface area contributed by atoms with Gasteiger partial charge in [-0.2, -0.15) is 0 Å². The summed E-state index contributed by atoms with van der Waals surface area (Å²) < 4.78 is 0. The summed E-state index contributed by atoms with van der Waals surface area (Å²) in [5.41, 5.74) is -5.24. The Balaban J connectivity index is 0.00000324. The Morgan fingerprint density at radius 1 is 0.895 bits per heavy atom. The topological polar surface area (TPSA) is 170 Å². The molecule has 0 unspecified atom stereocenters. The maximum atomic E-state index is 10.6. The predicted molar refractivity (Wildman–Crippen MR) is 50.7 cm³/mol. The minimum Gasteiger partial charge on any atom is -0.545 e. The first-order valence-corrected chi connectivity index (χ1v) is 4.09. The van der Waals surface area contributed by atoms with Crippen LogP contribution in [0.4, 0.5) is 17.1 Å². The SMILES string of the molecule is O=C([O-])c1ccc([N+](=O)[O-])c([N+](=O)[O-])c1[N+](=O)[O-].[K+]. The Morgan fingerprint density at radius 3 is 1.68 bits per heavy atom. The fraction of sp³-hybridized carbons (Fsp3) is 0. The van der Waals surface area contributed by atoms with Crippen molar-refractivity contribution in [2.24, 2.45) is 0 Å². The van der Waals surface area contributed by atoms with Crippen LogP contribution in [0.1, 0.15) is 10.4 Å².